The number of carbonyl (C=O) groups is 2. The minimum absolute atomic E-state index is 0.0615. The minimum atomic E-state index is -3.62. The summed E-state index contributed by atoms with van der Waals surface area (Å²) in [5, 5.41) is 3.46. The molecule has 0 aromatic heterocycles. The maximum Gasteiger partial charge on any atom is 0.242 e. The SMILES string of the molecule is CC(C)CNC(=O)C(C)N(Cc1ccc(Cl)cc1)C(=O)CCCN(c1ccc2c(c1)OCO2)S(C)(=O)=O. The number of benzene rings is 2. The molecule has 0 spiro atoms. The normalized spacial score (nSPS) is 13.4. The average molecular weight is 552 g/mol. The van der Waals surface area contributed by atoms with Gasteiger partial charge in [0.2, 0.25) is 28.6 Å². The van der Waals surface area contributed by atoms with Crippen LogP contribution in [0.2, 0.25) is 5.02 Å². The van der Waals surface area contributed by atoms with E-state index in [1.54, 1.807) is 37.3 Å². The molecule has 0 aliphatic carbocycles. The maximum absolute atomic E-state index is 13.3. The Balaban J connectivity index is 1.71. The van der Waals surface area contributed by atoms with Crippen LogP contribution in [0.15, 0.2) is 42.5 Å². The first-order chi connectivity index (χ1) is 17.5. The predicted molar refractivity (Wildman–Crippen MR) is 143 cm³/mol. The fourth-order valence-electron chi connectivity index (χ4n) is 3.87. The largest absolute Gasteiger partial charge is 0.454 e. The van der Waals surface area contributed by atoms with Gasteiger partial charge in [-0.2, -0.15) is 0 Å². The Morgan fingerprint density at radius 1 is 1.05 bits per heavy atom. The quantitative estimate of drug-likeness (QED) is 0.430. The van der Waals surface area contributed by atoms with Gasteiger partial charge < -0.3 is 19.7 Å². The molecule has 1 heterocycles. The van der Waals surface area contributed by atoms with Crippen LogP contribution in [-0.4, -0.2) is 57.3 Å². The highest BCUT2D eigenvalue weighted by atomic mass is 35.5. The molecule has 1 aliphatic rings. The standard InChI is InChI=1S/C26H34ClN3O6S/c1-18(2)15-28-26(32)19(3)29(16-20-7-9-21(27)10-8-20)25(31)6-5-13-30(37(4,33)34)22-11-12-23-24(14-22)36-17-35-23/h7-12,14,18-19H,5-6,13,15-17H2,1-4H3,(H,28,32). The number of hydrogen-bond acceptors (Lipinski definition) is 6. The Hall–Kier alpha value is -2.98. The van der Waals surface area contributed by atoms with Crippen molar-refractivity contribution in [2.24, 2.45) is 5.92 Å². The predicted octanol–water partition coefficient (Wildman–Crippen LogP) is 3.80. The Kier molecular flexibility index (Phi) is 9.67. The van der Waals surface area contributed by atoms with E-state index in [1.807, 2.05) is 26.0 Å². The third kappa shape index (κ3) is 8.00. The molecule has 0 radical (unpaired) electrons. The number of nitrogens with zero attached hydrogens (tertiary/aromatic N) is 2. The van der Waals surface area contributed by atoms with Crippen molar-refractivity contribution in [1.82, 2.24) is 10.2 Å². The van der Waals surface area contributed by atoms with Crippen LogP contribution in [0.3, 0.4) is 0 Å². The van der Waals surface area contributed by atoms with E-state index in [9.17, 15) is 18.0 Å². The van der Waals surface area contributed by atoms with E-state index in [1.165, 1.54) is 9.21 Å². The molecule has 3 rings (SSSR count). The van der Waals surface area contributed by atoms with E-state index in [4.69, 9.17) is 21.1 Å². The lowest BCUT2D eigenvalue weighted by atomic mass is 10.1. The number of nitrogens with one attached hydrogen (secondary N) is 1. The molecule has 0 bridgehead atoms. The lowest BCUT2D eigenvalue weighted by Gasteiger charge is -2.29. The van der Waals surface area contributed by atoms with Crippen molar-refractivity contribution in [2.45, 2.75) is 46.2 Å². The van der Waals surface area contributed by atoms with Crippen LogP contribution in [0.1, 0.15) is 39.2 Å². The van der Waals surface area contributed by atoms with E-state index >= 15 is 0 Å². The lowest BCUT2D eigenvalue weighted by Crippen LogP contribution is -2.48. The molecule has 202 valence electrons. The van der Waals surface area contributed by atoms with E-state index in [0.29, 0.717) is 28.8 Å². The number of sulfonamides is 1. The van der Waals surface area contributed by atoms with Crippen molar-refractivity contribution in [1.29, 1.82) is 0 Å². The van der Waals surface area contributed by atoms with Crippen LogP contribution < -0.4 is 19.1 Å². The summed E-state index contributed by atoms with van der Waals surface area (Å²) in [5.41, 5.74) is 1.26. The molecule has 2 aromatic rings. The second-order valence-electron chi connectivity index (χ2n) is 9.44. The lowest BCUT2D eigenvalue weighted by molar-refractivity contribution is -0.140. The van der Waals surface area contributed by atoms with Gasteiger partial charge >= 0.3 is 0 Å². The highest BCUT2D eigenvalue weighted by Crippen LogP contribution is 2.36. The monoisotopic (exact) mass is 551 g/mol. The molecule has 37 heavy (non-hydrogen) atoms. The van der Waals surface area contributed by atoms with Crippen LogP contribution >= 0.6 is 11.6 Å². The van der Waals surface area contributed by atoms with Gasteiger partial charge in [0.15, 0.2) is 11.5 Å². The molecule has 1 aliphatic heterocycles. The summed E-state index contributed by atoms with van der Waals surface area (Å²) in [6.07, 6.45) is 1.44. The smallest absolute Gasteiger partial charge is 0.242 e. The summed E-state index contributed by atoms with van der Waals surface area (Å²) in [5.74, 6) is 0.803. The van der Waals surface area contributed by atoms with Gasteiger partial charge in [-0.25, -0.2) is 8.42 Å². The average Bonchev–Trinajstić information content (AvgIpc) is 3.31. The molecule has 2 aromatic carbocycles. The van der Waals surface area contributed by atoms with Crippen LogP contribution in [0.25, 0.3) is 0 Å². The number of hydrogen-bond donors (Lipinski definition) is 1. The van der Waals surface area contributed by atoms with Crippen molar-refractivity contribution in [3.05, 3.63) is 53.1 Å². The first kappa shape index (κ1) is 28.6. The minimum Gasteiger partial charge on any atom is -0.454 e. The van der Waals surface area contributed by atoms with Gasteiger partial charge in [0.1, 0.15) is 6.04 Å². The summed E-state index contributed by atoms with van der Waals surface area (Å²) < 4.78 is 37.0. The Bertz CT molecular complexity index is 1200. The van der Waals surface area contributed by atoms with Gasteiger partial charge in [0.25, 0.3) is 0 Å². The van der Waals surface area contributed by atoms with Crippen molar-refractivity contribution in [3.63, 3.8) is 0 Å². The number of amides is 2. The first-order valence-corrected chi connectivity index (χ1v) is 14.4. The molecule has 1 atom stereocenters. The Morgan fingerprint density at radius 2 is 1.73 bits per heavy atom. The fourth-order valence-corrected chi connectivity index (χ4v) is 4.95. The zero-order valence-electron chi connectivity index (χ0n) is 21.6. The van der Waals surface area contributed by atoms with Crippen molar-refractivity contribution >= 4 is 39.1 Å². The topological polar surface area (TPSA) is 105 Å². The van der Waals surface area contributed by atoms with Gasteiger partial charge in [-0.1, -0.05) is 37.6 Å². The highest BCUT2D eigenvalue weighted by Gasteiger charge is 2.27. The van der Waals surface area contributed by atoms with Gasteiger partial charge in [-0.3, -0.25) is 13.9 Å². The summed E-state index contributed by atoms with van der Waals surface area (Å²) in [4.78, 5) is 27.6. The van der Waals surface area contributed by atoms with E-state index in [2.05, 4.69) is 5.32 Å². The van der Waals surface area contributed by atoms with Crippen LogP contribution in [-0.2, 0) is 26.2 Å². The van der Waals surface area contributed by atoms with Crippen molar-refractivity contribution in [2.75, 3.05) is 30.4 Å². The summed E-state index contributed by atoms with van der Waals surface area (Å²) in [6.45, 7) is 6.59. The Morgan fingerprint density at radius 3 is 2.38 bits per heavy atom. The molecule has 0 saturated carbocycles. The molecule has 0 saturated heterocycles. The van der Waals surface area contributed by atoms with Gasteiger partial charge in [0.05, 0.1) is 11.9 Å². The zero-order valence-corrected chi connectivity index (χ0v) is 23.1. The molecule has 9 nitrogen and oxygen atoms in total. The number of fused-ring (bicyclic) bond motifs is 1. The highest BCUT2D eigenvalue weighted by molar-refractivity contribution is 7.92. The van der Waals surface area contributed by atoms with Gasteiger partial charge in [-0.15, -0.1) is 0 Å². The number of ether oxygens (including phenoxy) is 2. The van der Waals surface area contributed by atoms with Gasteiger partial charge in [-0.05, 0) is 49.1 Å². The molecular formula is C26H34ClN3O6S. The molecule has 1 N–H and O–H groups in total. The fraction of sp³-hybridized carbons (Fsp3) is 0.462. The number of rotatable bonds is 12. The van der Waals surface area contributed by atoms with Crippen molar-refractivity contribution < 1.29 is 27.5 Å². The first-order valence-electron chi connectivity index (χ1n) is 12.1. The number of halogens is 1. The number of anilines is 1. The third-order valence-electron chi connectivity index (χ3n) is 5.91. The maximum atomic E-state index is 13.3. The molecule has 11 heteroatoms. The van der Waals surface area contributed by atoms with E-state index < -0.39 is 16.1 Å². The second kappa shape index (κ2) is 12.5. The van der Waals surface area contributed by atoms with Crippen LogP contribution in [0.4, 0.5) is 5.69 Å². The summed E-state index contributed by atoms with van der Waals surface area (Å²) in [6, 6.07) is 11.3. The number of carbonyl (C=O) groups excluding carboxylic acids is 2. The van der Waals surface area contributed by atoms with Crippen LogP contribution in [0.5, 0.6) is 11.5 Å². The van der Waals surface area contributed by atoms with Crippen molar-refractivity contribution in [3.8, 4) is 11.5 Å². The molecule has 0 fully saturated rings. The summed E-state index contributed by atoms with van der Waals surface area (Å²) in [7, 11) is -3.62. The Labute approximate surface area is 223 Å². The third-order valence-corrected chi connectivity index (χ3v) is 7.36. The molecule has 2 amide bonds. The molecular weight excluding hydrogens is 518 g/mol. The zero-order chi connectivity index (χ0) is 27.2. The summed E-state index contributed by atoms with van der Waals surface area (Å²) >= 11 is 6.00. The van der Waals surface area contributed by atoms with E-state index in [0.717, 1.165) is 11.8 Å². The molecule has 1 unspecified atom stereocenters. The van der Waals surface area contributed by atoms with Crippen LogP contribution in [0, 0.1) is 5.92 Å². The van der Waals surface area contributed by atoms with Gasteiger partial charge in [0, 0.05) is 37.1 Å². The van der Waals surface area contributed by atoms with E-state index in [-0.39, 0.29) is 50.5 Å². The second-order valence-corrected chi connectivity index (χ2v) is 11.8.